The molecule has 0 spiro atoms. The molecule has 2 fully saturated rings. The number of amides is 1. The molecule has 0 radical (unpaired) electrons. The van der Waals surface area contributed by atoms with Crippen molar-refractivity contribution in [2.24, 2.45) is 0 Å². The number of aryl methyl sites for hydroxylation is 1. The lowest BCUT2D eigenvalue weighted by molar-refractivity contribution is -0.133. The summed E-state index contributed by atoms with van der Waals surface area (Å²) in [6, 6.07) is 30.9. The van der Waals surface area contributed by atoms with Gasteiger partial charge in [0.05, 0.1) is 4.90 Å². The fourth-order valence-electron chi connectivity index (χ4n) is 6.81. The standard InChI is InChI=1S/C39H42N6O4S/c1-28-16-17-29(26-36(28)50(47,48)43-31-10-4-2-5-11-31)38-34-14-8-9-15-35(34)39(42-41-38)40-30-18-20-33(21-19-30)49-27-37(46)45-24-22-44(23-25-45)32-12-6-3-7-13-32/h3,6-9,12-21,26,31,43H,2,4-5,10-11,22-25,27H2,1H3,(H,40,42). The third-order valence-corrected chi connectivity index (χ3v) is 11.3. The van der Waals surface area contributed by atoms with Gasteiger partial charge in [-0.15, -0.1) is 10.2 Å². The van der Waals surface area contributed by atoms with Gasteiger partial charge >= 0.3 is 0 Å². The van der Waals surface area contributed by atoms with Gasteiger partial charge in [0.25, 0.3) is 5.91 Å². The molecule has 0 bridgehead atoms. The first-order chi connectivity index (χ1) is 24.3. The number of nitrogens with one attached hydrogen (secondary N) is 2. The summed E-state index contributed by atoms with van der Waals surface area (Å²) < 4.78 is 35.7. The molecule has 258 valence electrons. The van der Waals surface area contributed by atoms with Gasteiger partial charge in [0.15, 0.2) is 12.4 Å². The first-order valence-corrected chi connectivity index (χ1v) is 18.8. The zero-order chi connectivity index (χ0) is 34.5. The molecule has 1 aliphatic heterocycles. The molecule has 2 aliphatic rings. The molecule has 1 saturated carbocycles. The highest BCUT2D eigenvalue weighted by Gasteiger charge is 2.25. The molecule has 50 heavy (non-hydrogen) atoms. The number of anilines is 3. The van der Waals surface area contributed by atoms with Crippen LogP contribution in [0, 0.1) is 6.92 Å². The Balaban J connectivity index is 1.01. The zero-order valence-corrected chi connectivity index (χ0v) is 29.0. The van der Waals surface area contributed by atoms with E-state index in [1.54, 1.807) is 6.07 Å². The zero-order valence-electron chi connectivity index (χ0n) is 28.2. The van der Waals surface area contributed by atoms with E-state index >= 15 is 0 Å². The van der Waals surface area contributed by atoms with Crippen LogP contribution in [0.5, 0.6) is 5.75 Å². The highest BCUT2D eigenvalue weighted by atomic mass is 32.2. The number of fused-ring (bicyclic) bond motifs is 1. The summed E-state index contributed by atoms with van der Waals surface area (Å²) in [5.74, 6) is 1.14. The number of carbonyl (C=O) groups excluding carboxylic acids is 1. The highest BCUT2D eigenvalue weighted by Crippen LogP contribution is 2.33. The van der Waals surface area contributed by atoms with Crippen molar-refractivity contribution in [3.63, 3.8) is 0 Å². The number of nitrogens with zero attached hydrogens (tertiary/aromatic N) is 4. The number of piperazine rings is 1. The number of carbonyl (C=O) groups is 1. The number of sulfonamides is 1. The van der Waals surface area contributed by atoms with E-state index in [9.17, 15) is 13.2 Å². The molecule has 11 heteroatoms. The van der Waals surface area contributed by atoms with E-state index in [-0.39, 0.29) is 23.5 Å². The average Bonchev–Trinajstić information content (AvgIpc) is 3.15. The van der Waals surface area contributed by atoms with Crippen LogP contribution in [0.1, 0.15) is 37.7 Å². The van der Waals surface area contributed by atoms with Crippen molar-refractivity contribution >= 4 is 43.9 Å². The van der Waals surface area contributed by atoms with Crippen molar-refractivity contribution < 1.29 is 17.9 Å². The number of hydrogen-bond acceptors (Lipinski definition) is 8. The third kappa shape index (κ3) is 7.59. The van der Waals surface area contributed by atoms with E-state index in [1.165, 1.54) is 5.69 Å². The molecule has 0 atom stereocenters. The maximum absolute atomic E-state index is 13.5. The van der Waals surface area contributed by atoms with Crippen molar-refractivity contribution in [1.29, 1.82) is 0 Å². The fraction of sp³-hybridized carbons (Fsp3) is 0.308. The van der Waals surface area contributed by atoms with Gasteiger partial charge in [-0.25, -0.2) is 13.1 Å². The van der Waals surface area contributed by atoms with Crippen LogP contribution in [0.2, 0.25) is 0 Å². The predicted molar refractivity (Wildman–Crippen MR) is 197 cm³/mol. The predicted octanol–water partition coefficient (Wildman–Crippen LogP) is 6.69. The minimum atomic E-state index is -3.70. The Morgan fingerprint density at radius 1 is 0.820 bits per heavy atom. The summed E-state index contributed by atoms with van der Waals surface area (Å²) in [6.07, 6.45) is 4.97. The van der Waals surface area contributed by atoms with Gasteiger partial charge in [0, 0.05) is 59.9 Å². The van der Waals surface area contributed by atoms with Gasteiger partial charge in [-0.05, 0) is 67.8 Å². The number of ether oxygens (including phenoxy) is 1. The molecular formula is C39H42N6O4S. The molecule has 7 rings (SSSR count). The molecule has 1 aliphatic carbocycles. The van der Waals surface area contributed by atoms with Crippen molar-refractivity contribution in [3.8, 4) is 17.0 Å². The Hall–Kier alpha value is -5.00. The molecule has 10 nitrogen and oxygen atoms in total. The van der Waals surface area contributed by atoms with E-state index in [4.69, 9.17) is 4.74 Å². The lowest BCUT2D eigenvalue weighted by Crippen LogP contribution is -2.50. The van der Waals surface area contributed by atoms with Gasteiger partial charge in [0.2, 0.25) is 10.0 Å². The van der Waals surface area contributed by atoms with Gasteiger partial charge in [-0.3, -0.25) is 4.79 Å². The Labute approximate surface area is 293 Å². The van der Waals surface area contributed by atoms with Crippen LogP contribution in [0.25, 0.3) is 22.0 Å². The van der Waals surface area contributed by atoms with Crippen LogP contribution < -0.4 is 19.7 Å². The summed E-state index contributed by atoms with van der Waals surface area (Å²) in [7, 11) is -3.70. The Morgan fingerprint density at radius 3 is 2.26 bits per heavy atom. The minimum Gasteiger partial charge on any atom is -0.484 e. The third-order valence-electron chi connectivity index (χ3n) is 9.60. The molecule has 5 aromatic rings. The number of hydrogen-bond donors (Lipinski definition) is 2. The minimum absolute atomic E-state index is 0.0195. The SMILES string of the molecule is Cc1ccc(-c2nnc(Nc3ccc(OCC(=O)N4CCN(c5ccccc5)CC4)cc3)c3ccccc23)cc1S(=O)(=O)NC1CCCCC1. The molecule has 1 amide bonds. The summed E-state index contributed by atoms with van der Waals surface area (Å²) in [6.45, 7) is 4.71. The van der Waals surface area contributed by atoms with Crippen LogP contribution in [0.3, 0.4) is 0 Å². The smallest absolute Gasteiger partial charge is 0.260 e. The normalized spacial score (nSPS) is 15.6. The van der Waals surface area contributed by atoms with Crippen LogP contribution in [-0.4, -0.2) is 68.2 Å². The first-order valence-electron chi connectivity index (χ1n) is 17.3. The van der Waals surface area contributed by atoms with Crippen LogP contribution in [0.4, 0.5) is 17.2 Å². The Bertz CT molecular complexity index is 2060. The van der Waals surface area contributed by atoms with E-state index in [1.807, 2.05) is 90.7 Å². The van der Waals surface area contributed by atoms with E-state index in [2.05, 4.69) is 37.3 Å². The largest absolute Gasteiger partial charge is 0.484 e. The molecule has 1 saturated heterocycles. The van der Waals surface area contributed by atoms with Gasteiger partial charge in [0.1, 0.15) is 11.4 Å². The number of benzene rings is 4. The van der Waals surface area contributed by atoms with Crippen LogP contribution >= 0.6 is 0 Å². The first kappa shape index (κ1) is 33.5. The van der Waals surface area contributed by atoms with Crippen LogP contribution in [-0.2, 0) is 14.8 Å². The number of aromatic nitrogens is 2. The molecule has 2 heterocycles. The quantitative estimate of drug-likeness (QED) is 0.167. The van der Waals surface area contributed by atoms with Crippen molar-refractivity contribution in [2.75, 3.05) is 43.0 Å². The number of rotatable bonds is 10. The maximum Gasteiger partial charge on any atom is 0.260 e. The van der Waals surface area contributed by atoms with E-state index in [0.717, 1.165) is 61.7 Å². The average molecular weight is 691 g/mol. The number of para-hydroxylation sites is 1. The summed E-state index contributed by atoms with van der Waals surface area (Å²) >= 11 is 0. The Kier molecular flexibility index (Phi) is 9.95. The highest BCUT2D eigenvalue weighted by molar-refractivity contribution is 7.89. The summed E-state index contributed by atoms with van der Waals surface area (Å²) in [5.41, 5.74) is 3.94. The van der Waals surface area contributed by atoms with Gasteiger partial charge in [-0.2, -0.15) is 0 Å². The summed E-state index contributed by atoms with van der Waals surface area (Å²) in [5, 5.41) is 14.2. The summed E-state index contributed by atoms with van der Waals surface area (Å²) in [4.78, 5) is 17.3. The second-order valence-electron chi connectivity index (χ2n) is 13.0. The fourth-order valence-corrected chi connectivity index (χ4v) is 8.39. The molecule has 1 aromatic heterocycles. The molecular weight excluding hydrogens is 649 g/mol. The second kappa shape index (κ2) is 14.9. The van der Waals surface area contributed by atoms with E-state index < -0.39 is 10.0 Å². The van der Waals surface area contributed by atoms with Crippen molar-refractivity contribution in [3.05, 3.63) is 103 Å². The maximum atomic E-state index is 13.5. The van der Waals surface area contributed by atoms with Crippen molar-refractivity contribution in [2.45, 2.75) is 50.0 Å². The lowest BCUT2D eigenvalue weighted by Gasteiger charge is -2.36. The van der Waals surface area contributed by atoms with Gasteiger partial charge < -0.3 is 19.9 Å². The van der Waals surface area contributed by atoms with Gasteiger partial charge in [-0.1, -0.05) is 73.9 Å². The lowest BCUT2D eigenvalue weighted by atomic mass is 9.96. The topological polar surface area (TPSA) is 117 Å². The van der Waals surface area contributed by atoms with Crippen LogP contribution in [0.15, 0.2) is 102 Å². The van der Waals surface area contributed by atoms with E-state index in [0.29, 0.717) is 41.5 Å². The molecule has 4 aromatic carbocycles. The monoisotopic (exact) mass is 690 g/mol. The molecule has 0 unspecified atom stereocenters. The second-order valence-corrected chi connectivity index (χ2v) is 14.7. The van der Waals surface area contributed by atoms with Crippen molar-refractivity contribution in [1.82, 2.24) is 19.8 Å². The molecule has 2 N–H and O–H groups in total. The Morgan fingerprint density at radius 2 is 1.52 bits per heavy atom.